The zero-order valence-corrected chi connectivity index (χ0v) is 18.6. The average molecular weight is 422 g/mol. The molecule has 2 fully saturated rings. The highest BCUT2D eigenvalue weighted by Gasteiger charge is 2.46. The van der Waals surface area contributed by atoms with E-state index in [1.807, 2.05) is 32.2 Å². The zero-order valence-electron chi connectivity index (χ0n) is 18.6. The number of aryl methyl sites for hydroxylation is 1. The Kier molecular flexibility index (Phi) is 6.39. The Morgan fingerprint density at radius 2 is 1.94 bits per heavy atom. The van der Waals surface area contributed by atoms with Gasteiger partial charge in [-0.1, -0.05) is 19.1 Å². The minimum Gasteiger partial charge on any atom is -0.457 e. The molecule has 0 N–H and O–H groups in total. The second kappa shape index (κ2) is 9.20. The number of ether oxygens (including phenoxy) is 3. The number of likely N-dealkylation sites (N-methyl/N-ethyl adjacent to an activating group) is 1. The smallest absolute Gasteiger partial charge is 0.215 e. The average Bonchev–Trinajstić information content (AvgIpc) is 3.56. The van der Waals surface area contributed by atoms with Crippen LogP contribution in [0.1, 0.15) is 49.3 Å². The van der Waals surface area contributed by atoms with Gasteiger partial charge >= 0.3 is 0 Å². The van der Waals surface area contributed by atoms with Gasteiger partial charge < -0.3 is 14.2 Å². The number of aliphatic imine (C=N–C) groups is 1. The van der Waals surface area contributed by atoms with Crippen LogP contribution in [0.2, 0.25) is 0 Å². The Bertz CT molecular complexity index is 940. The highest BCUT2D eigenvalue weighted by molar-refractivity contribution is 5.61. The fourth-order valence-corrected chi connectivity index (χ4v) is 4.03. The van der Waals surface area contributed by atoms with Gasteiger partial charge in [0.2, 0.25) is 5.79 Å². The number of nitrogens with zero attached hydrogens (tertiary/aromatic N) is 3. The Morgan fingerprint density at radius 3 is 2.55 bits per heavy atom. The molecule has 0 amide bonds. The third kappa shape index (κ3) is 4.97. The van der Waals surface area contributed by atoms with E-state index in [1.54, 1.807) is 5.01 Å². The molecule has 164 valence electrons. The molecule has 0 spiro atoms. The fourth-order valence-electron chi connectivity index (χ4n) is 4.03. The predicted octanol–water partition coefficient (Wildman–Crippen LogP) is 5.08. The summed E-state index contributed by atoms with van der Waals surface area (Å²) in [6.07, 6.45) is 4.79. The van der Waals surface area contributed by atoms with E-state index in [2.05, 4.69) is 48.0 Å². The van der Waals surface area contributed by atoms with Crippen molar-refractivity contribution in [2.45, 2.75) is 50.9 Å². The van der Waals surface area contributed by atoms with E-state index >= 15 is 0 Å². The van der Waals surface area contributed by atoms with Gasteiger partial charge in [-0.3, -0.25) is 10.0 Å². The van der Waals surface area contributed by atoms with E-state index in [4.69, 9.17) is 14.2 Å². The summed E-state index contributed by atoms with van der Waals surface area (Å²) in [6, 6.07) is 14.5. The third-order valence-corrected chi connectivity index (χ3v) is 5.73. The lowest BCUT2D eigenvalue weighted by Crippen LogP contribution is -2.39. The molecule has 2 aromatic carbocycles. The van der Waals surface area contributed by atoms with Crippen LogP contribution in [0.15, 0.2) is 52.6 Å². The second-order valence-electron chi connectivity index (χ2n) is 8.34. The number of hydrogen-bond donors (Lipinski definition) is 0. The maximum absolute atomic E-state index is 6.36. The van der Waals surface area contributed by atoms with Crippen LogP contribution in [-0.2, 0) is 21.7 Å². The molecule has 2 aliphatic rings. The first-order chi connectivity index (χ1) is 15.0. The van der Waals surface area contributed by atoms with Crippen LogP contribution in [0.25, 0.3) is 0 Å². The summed E-state index contributed by atoms with van der Waals surface area (Å²) in [5.41, 5.74) is 3.59. The van der Waals surface area contributed by atoms with Crippen molar-refractivity contribution in [3.8, 4) is 11.5 Å². The summed E-state index contributed by atoms with van der Waals surface area (Å²) < 4.78 is 18.8. The van der Waals surface area contributed by atoms with Gasteiger partial charge in [0.05, 0.1) is 19.3 Å². The van der Waals surface area contributed by atoms with Crippen molar-refractivity contribution in [3.63, 3.8) is 0 Å². The van der Waals surface area contributed by atoms with E-state index < -0.39 is 5.79 Å². The minimum atomic E-state index is -0.869. The number of rotatable bonds is 9. The van der Waals surface area contributed by atoms with Gasteiger partial charge in [0.1, 0.15) is 17.8 Å². The van der Waals surface area contributed by atoms with E-state index in [0.29, 0.717) is 19.1 Å². The molecule has 1 saturated heterocycles. The number of hydrazone groups is 1. The van der Waals surface area contributed by atoms with Crippen molar-refractivity contribution in [2.75, 3.05) is 20.2 Å². The Balaban J connectivity index is 1.64. The molecule has 1 heterocycles. The molecule has 1 saturated carbocycles. The Labute approximate surface area is 184 Å². The van der Waals surface area contributed by atoms with Crippen molar-refractivity contribution in [2.24, 2.45) is 10.1 Å². The van der Waals surface area contributed by atoms with Crippen LogP contribution in [0.5, 0.6) is 11.5 Å². The van der Waals surface area contributed by atoms with Crippen molar-refractivity contribution < 1.29 is 14.2 Å². The summed E-state index contributed by atoms with van der Waals surface area (Å²) in [6.45, 7) is 8.64. The van der Waals surface area contributed by atoms with E-state index in [0.717, 1.165) is 23.5 Å². The van der Waals surface area contributed by atoms with Gasteiger partial charge in [-0.15, -0.1) is 0 Å². The van der Waals surface area contributed by atoms with Crippen LogP contribution in [-0.4, -0.2) is 44.4 Å². The molecule has 2 atom stereocenters. The first kappa shape index (κ1) is 21.5. The standard InChI is InChI=1S/C25H31N3O3/c1-5-19-6-10-21(11-7-19)30-22-12-13-24(23(14-22)20-8-9-20)25(29-15-18(2)31-25)16-28(4)27-17-26-3/h6-7,10-14,17-18,20H,3,5,8-9,15-16H2,1-2,4H3/b27-17-. The molecule has 31 heavy (non-hydrogen) atoms. The SMILES string of the molecule is C=N/C=N\N(C)CC1(c2ccc(Oc3ccc(CC)cc3)cc2C2CC2)OCC(C)O1. The highest BCUT2D eigenvalue weighted by atomic mass is 16.7. The Morgan fingerprint density at radius 1 is 1.19 bits per heavy atom. The first-order valence-corrected chi connectivity index (χ1v) is 11.0. The molecule has 6 nitrogen and oxygen atoms in total. The molecule has 0 bridgehead atoms. The highest BCUT2D eigenvalue weighted by Crippen LogP contribution is 2.48. The predicted molar refractivity (Wildman–Crippen MR) is 123 cm³/mol. The van der Waals surface area contributed by atoms with Crippen LogP contribution in [0.3, 0.4) is 0 Å². The van der Waals surface area contributed by atoms with Gasteiger partial charge in [-0.05, 0) is 80.3 Å². The lowest BCUT2D eigenvalue weighted by Gasteiger charge is -2.33. The molecule has 0 aromatic heterocycles. The summed E-state index contributed by atoms with van der Waals surface area (Å²) in [5, 5.41) is 6.05. The molecular formula is C25H31N3O3. The molecule has 6 heteroatoms. The molecular weight excluding hydrogens is 390 g/mol. The Hall–Kier alpha value is -2.70. The number of benzene rings is 2. The normalized spacial score (nSPS) is 23.3. The van der Waals surface area contributed by atoms with Gasteiger partial charge in [-0.2, -0.15) is 5.10 Å². The quantitative estimate of drug-likeness (QED) is 0.322. The summed E-state index contributed by atoms with van der Waals surface area (Å²) >= 11 is 0. The third-order valence-electron chi connectivity index (χ3n) is 5.73. The van der Waals surface area contributed by atoms with Crippen LogP contribution in [0, 0.1) is 0 Å². The topological polar surface area (TPSA) is 55.7 Å². The fraction of sp³-hybridized carbons (Fsp3) is 0.440. The lowest BCUT2D eigenvalue weighted by molar-refractivity contribution is -0.186. The van der Waals surface area contributed by atoms with E-state index in [1.165, 1.54) is 30.3 Å². The summed E-state index contributed by atoms with van der Waals surface area (Å²) in [5.74, 6) is 1.31. The van der Waals surface area contributed by atoms with Crippen LogP contribution in [0.4, 0.5) is 0 Å². The molecule has 1 aliphatic heterocycles. The zero-order chi connectivity index (χ0) is 21.8. The van der Waals surface area contributed by atoms with E-state index in [-0.39, 0.29) is 6.10 Å². The second-order valence-corrected chi connectivity index (χ2v) is 8.34. The van der Waals surface area contributed by atoms with Gasteiger partial charge in [0.15, 0.2) is 0 Å². The number of hydrogen-bond acceptors (Lipinski definition) is 5. The van der Waals surface area contributed by atoms with Gasteiger partial charge in [0.25, 0.3) is 0 Å². The minimum absolute atomic E-state index is 0.00923. The molecule has 4 rings (SSSR count). The summed E-state index contributed by atoms with van der Waals surface area (Å²) in [7, 11) is 1.88. The molecule has 2 aromatic rings. The van der Waals surface area contributed by atoms with Crippen molar-refractivity contribution in [3.05, 3.63) is 59.2 Å². The molecule has 0 radical (unpaired) electrons. The van der Waals surface area contributed by atoms with Crippen molar-refractivity contribution in [1.29, 1.82) is 0 Å². The first-order valence-electron chi connectivity index (χ1n) is 11.0. The van der Waals surface area contributed by atoms with Gasteiger partial charge in [0, 0.05) is 12.6 Å². The molecule has 1 aliphatic carbocycles. The maximum Gasteiger partial charge on any atom is 0.215 e. The van der Waals surface area contributed by atoms with Crippen molar-refractivity contribution in [1.82, 2.24) is 5.01 Å². The largest absolute Gasteiger partial charge is 0.457 e. The summed E-state index contributed by atoms with van der Waals surface area (Å²) in [4.78, 5) is 3.70. The van der Waals surface area contributed by atoms with Crippen LogP contribution < -0.4 is 4.74 Å². The lowest BCUT2D eigenvalue weighted by atomic mass is 9.95. The maximum atomic E-state index is 6.36. The van der Waals surface area contributed by atoms with Gasteiger partial charge in [-0.25, -0.2) is 0 Å². The van der Waals surface area contributed by atoms with E-state index in [9.17, 15) is 0 Å². The monoisotopic (exact) mass is 421 g/mol. The van der Waals surface area contributed by atoms with Crippen LogP contribution >= 0.6 is 0 Å². The van der Waals surface area contributed by atoms with Crippen molar-refractivity contribution >= 4 is 13.1 Å². The molecule has 2 unspecified atom stereocenters.